The van der Waals surface area contributed by atoms with E-state index in [2.05, 4.69) is 26.1 Å². The Hall–Kier alpha value is -3.22. The number of oxime groups is 1. The second-order valence-electron chi connectivity index (χ2n) is 5.99. The third-order valence-electron chi connectivity index (χ3n) is 4.31. The fourth-order valence-corrected chi connectivity index (χ4v) is 2.99. The molecular weight excluding hydrogens is 316 g/mol. The highest BCUT2D eigenvalue weighted by atomic mass is 16.4. The van der Waals surface area contributed by atoms with Crippen molar-refractivity contribution in [2.24, 2.45) is 5.16 Å². The van der Waals surface area contributed by atoms with Crippen LogP contribution in [-0.4, -0.2) is 35.5 Å². The number of aryl methyl sites for hydroxylation is 1. The van der Waals surface area contributed by atoms with Crippen LogP contribution in [0.2, 0.25) is 0 Å². The third-order valence-corrected chi connectivity index (χ3v) is 4.31. The summed E-state index contributed by atoms with van der Waals surface area (Å²) in [5, 5.41) is 20.7. The first-order valence-electron chi connectivity index (χ1n) is 8.16. The van der Waals surface area contributed by atoms with Gasteiger partial charge in [-0.15, -0.1) is 5.10 Å². The molecule has 0 fully saturated rings. The number of benzene rings is 2. The van der Waals surface area contributed by atoms with Crippen molar-refractivity contribution in [1.82, 2.24) is 24.5 Å². The van der Waals surface area contributed by atoms with E-state index < -0.39 is 0 Å². The molecule has 0 saturated heterocycles. The summed E-state index contributed by atoms with van der Waals surface area (Å²) >= 11 is 0. The number of nitrogens with zero attached hydrogens (tertiary/aromatic N) is 6. The van der Waals surface area contributed by atoms with Gasteiger partial charge in [0.25, 0.3) is 0 Å². The molecule has 4 rings (SSSR count). The van der Waals surface area contributed by atoms with Crippen molar-refractivity contribution in [1.29, 1.82) is 0 Å². The third kappa shape index (κ3) is 2.84. The normalized spacial score (nSPS) is 12.3. The van der Waals surface area contributed by atoms with Gasteiger partial charge in [-0.2, -0.15) is 0 Å². The molecule has 25 heavy (non-hydrogen) atoms. The van der Waals surface area contributed by atoms with Gasteiger partial charge in [0.2, 0.25) is 0 Å². The van der Waals surface area contributed by atoms with Crippen LogP contribution in [0.1, 0.15) is 19.2 Å². The Kier molecular flexibility index (Phi) is 3.89. The first-order valence-corrected chi connectivity index (χ1v) is 8.16. The predicted octanol–water partition coefficient (Wildman–Crippen LogP) is 3.07. The summed E-state index contributed by atoms with van der Waals surface area (Å²) in [4.78, 5) is 4.77. The standard InChI is InChI=1S/C18H18N6O/c1-13(21-25)10-11-23-16-8-4-2-6-14(16)19-18(23)12-24-17-9-5-3-7-15(17)20-22-24/h2-9,25H,10-12H2,1H3/b21-13-. The number of aromatic nitrogens is 5. The van der Waals surface area contributed by atoms with E-state index in [0.29, 0.717) is 25.2 Å². The van der Waals surface area contributed by atoms with E-state index in [1.54, 1.807) is 0 Å². The van der Waals surface area contributed by atoms with Crippen molar-refractivity contribution in [3.63, 3.8) is 0 Å². The molecule has 0 aliphatic rings. The summed E-state index contributed by atoms with van der Waals surface area (Å²) in [6.07, 6.45) is 0.655. The number of fused-ring (bicyclic) bond motifs is 2. The minimum Gasteiger partial charge on any atom is -0.411 e. The zero-order chi connectivity index (χ0) is 17.2. The van der Waals surface area contributed by atoms with Crippen LogP contribution in [0.5, 0.6) is 0 Å². The molecule has 0 radical (unpaired) electrons. The van der Waals surface area contributed by atoms with Crippen molar-refractivity contribution < 1.29 is 5.21 Å². The first kappa shape index (κ1) is 15.3. The molecule has 0 unspecified atom stereocenters. The average Bonchev–Trinajstić information content (AvgIpc) is 3.21. The summed E-state index contributed by atoms with van der Waals surface area (Å²) in [5.41, 5.74) is 4.55. The van der Waals surface area contributed by atoms with Crippen LogP contribution in [0.25, 0.3) is 22.1 Å². The molecule has 0 aliphatic carbocycles. The van der Waals surface area contributed by atoms with Crippen molar-refractivity contribution in [2.45, 2.75) is 26.4 Å². The summed E-state index contributed by atoms with van der Waals surface area (Å²) in [7, 11) is 0. The van der Waals surface area contributed by atoms with Crippen LogP contribution < -0.4 is 0 Å². The van der Waals surface area contributed by atoms with Gasteiger partial charge >= 0.3 is 0 Å². The summed E-state index contributed by atoms with van der Waals surface area (Å²) in [6, 6.07) is 15.9. The van der Waals surface area contributed by atoms with E-state index in [-0.39, 0.29) is 0 Å². The summed E-state index contributed by atoms with van der Waals surface area (Å²) < 4.78 is 4.01. The van der Waals surface area contributed by atoms with Crippen molar-refractivity contribution >= 4 is 27.8 Å². The molecule has 0 saturated carbocycles. The maximum Gasteiger partial charge on any atom is 0.131 e. The van der Waals surface area contributed by atoms with E-state index in [1.165, 1.54) is 0 Å². The number of rotatable bonds is 5. The second kappa shape index (κ2) is 6.35. The lowest BCUT2D eigenvalue weighted by molar-refractivity contribution is 0.317. The molecule has 0 atom stereocenters. The molecule has 0 amide bonds. The molecule has 2 aromatic heterocycles. The minimum absolute atomic E-state index is 0.532. The molecule has 2 heterocycles. The van der Waals surface area contributed by atoms with Gasteiger partial charge < -0.3 is 9.77 Å². The number of hydrogen-bond acceptors (Lipinski definition) is 5. The molecule has 0 aliphatic heterocycles. The van der Waals surface area contributed by atoms with Gasteiger partial charge in [0, 0.05) is 13.0 Å². The second-order valence-corrected chi connectivity index (χ2v) is 5.99. The molecule has 1 N–H and O–H groups in total. The monoisotopic (exact) mass is 334 g/mol. The van der Waals surface area contributed by atoms with Crippen LogP contribution in [0, 0.1) is 0 Å². The van der Waals surface area contributed by atoms with Gasteiger partial charge in [-0.3, -0.25) is 0 Å². The molecule has 0 bridgehead atoms. The van der Waals surface area contributed by atoms with Gasteiger partial charge in [0.15, 0.2) is 0 Å². The van der Waals surface area contributed by atoms with E-state index in [1.807, 2.05) is 54.1 Å². The molecular formula is C18H18N6O. The van der Waals surface area contributed by atoms with E-state index >= 15 is 0 Å². The Morgan fingerprint density at radius 2 is 1.76 bits per heavy atom. The van der Waals surface area contributed by atoms with Crippen LogP contribution in [0.4, 0.5) is 0 Å². The zero-order valence-corrected chi connectivity index (χ0v) is 13.9. The Morgan fingerprint density at radius 1 is 1.04 bits per heavy atom. The van der Waals surface area contributed by atoms with Gasteiger partial charge in [0.1, 0.15) is 17.9 Å². The molecule has 7 nitrogen and oxygen atoms in total. The maximum absolute atomic E-state index is 8.91. The van der Waals surface area contributed by atoms with E-state index in [4.69, 9.17) is 10.2 Å². The van der Waals surface area contributed by atoms with Crippen molar-refractivity contribution in [3.8, 4) is 0 Å². The lowest BCUT2D eigenvalue weighted by atomic mass is 10.2. The highest BCUT2D eigenvalue weighted by Crippen LogP contribution is 2.19. The largest absolute Gasteiger partial charge is 0.411 e. The van der Waals surface area contributed by atoms with Gasteiger partial charge in [-0.25, -0.2) is 9.67 Å². The Morgan fingerprint density at radius 3 is 2.56 bits per heavy atom. The predicted molar refractivity (Wildman–Crippen MR) is 95.9 cm³/mol. The number of hydrogen-bond donors (Lipinski definition) is 1. The zero-order valence-electron chi connectivity index (χ0n) is 13.9. The fourth-order valence-electron chi connectivity index (χ4n) is 2.99. The van der Waals surface area contributed by atoms with Crippen molar-refractivity contribution in [2.75, 3.05) is 0 Å². The smallest absolute Gasteiger partial charge is 0.131 e. The highest BCUT2D eigenvalue weighted by Gasteiger charge is 2.13. The average molecular weight is 334 g/mol. The Labute approximate surface area is 144 Å². The molecule has 7 heteroatoms. The van der Waals surface area contributed by atoms with Gasteiger partial charge in [0.05, 0.1) is 22.3 Å². The lowest BCUT2D eigenvalue weighted by Crippen LogP contribution is -2.11. The SMILES string of the molecule is C/C(CCn1c(Cn2nnc3ccccc32)nc2ccccc21)=N/O. The number of imidazole rings is 1. The van der Waals surface area contributed by atoms with Gasteiger partial charge in [-0.1, -0.05) is 34.6 Å². The minimum atomic E-state index is 0.532. The number of para-hydroxylation sites is 3. The fraction of sp³-hybridized carbons (Fsp3) is 0.222. The Balaban J connectivity index is 1.75. The van der Waals surface area contributed by atoms with E-state index in [0.717, 1.165) is 27.9 Å². The van der Waals surface area contributed by atoms with Crippen LogP contribution in [0.15, 0.2) is 53.7 Å². The summed E-state index contributed by atoms with van der Waals surface area (Å²) in [6.45, 7) is 3.03. The van der Waals surface area contributed by atoms with Gasteiger partial charge in [-0.05, 0) is 31.2 Å². The molecule has 4 aromatic rings. The first-order chi connectivity index (χ1) is 12.3. The highest BCUT2D eigenvalue weighted by molar-refractivity contribution is 5.81. The lowest BCUT2D eigenvalue weighted by Gasteiger charge is -2.09. The summed E-state index contributed by atoms with van der Waals surface area (Å²) in [5.74, 6) is 0.905. The quantitative estimate of drug-likeness (QED) is 0.345. The topological polar surface area (TPSA) is 81.1 Å². The van der Waals surface area contributed by atoms with Crippen LogP contribution in [-0.2, 0) is 13.1 Å². The maximum atomic E-state index is 8.91. The molecule has 0 spiro atoms. The van der Waals surface area contributed by atoms with E-state index in [9.17, 15) is 0 Å². The van der Waals surface area contributed by atoms with Crippen LogP contribution >= 0.6 is 0 Å². The Bertz CT molecular complexity index is 1060. The molecule has 126 valence electrons. The van der Waals surface area contributed by atoms with Crippen LogP contribution in [0.3, 0.4) is 0 Å². The molecule has 2 aromatic carbocycles. The van der Waals surface area contributed by atoms with Crippen molar-refractivity contribution in [3.05, 3.63) is 54.4 Å².